The van der Waals surface area contributed by atoms with Crippen LogP contribution in [0.25, 0.3) is 56.1 Å². The van der Waals surface area contributed by atoms with Crippen molar-refractivity contribution in [3.63, 3.8) is 0 Å². The fraction of sp³-hybridized carbons (Fsp3) is 0.160. The van der Waals surface area contributed by atoms with Crippen LogP contribution in [0.2, 0.25) is 0 Å². The van der Waals surface area contributed by atoms with Crippen molar-refractivity contribution in [2.75, 3.05) is 27.2 Å². The first-order chi connectivity index (χ1) is 17.2. The Morgan fingerprint density at radius 1 is 0.971 bits per heavy atom. The topological polar surface area (TPSA) is 109 Å². The number of aromatic amines is 2. The fourth-order valence-electron chi connectivity index (χ4n) is 3.87. The van der Waals surface area contributed by atoms with E-state index in [-0.39, 0.29) is 0 Å². The number of aromatic nitrogens is 7. The van der Waals surface area contributed by atoms with E-state index in [0.717, 1.165) is 51.1 Å². The number of hydrogen-bond acceptors (Lipinski definition) is 8. The Balaban J connectivity index is 1.38. The van der Waals surface area contributed by atoms with Gasteiger partial charge in [-0.05, 0) is 49.8 Å². The molecule has 6 heterocycles. The van der Waals surface area contributed by atoms with E-state index in [1.165, 1.54) is 0 Å². The van der Waals surface area contributed by atoms with E-state index >= 15 is 0 Å². The highest BCUT2D eigenvalue weighted by Crippen LogP contribution is 2.31. The van der Waals surface area contributed by atoms with Gasteiger partial charge in [-0.1, -0.05) is 0 Å². The maximum atomic E-state index is 5.85. The van der Waals surface area contributed by atoms with Crippen LogP contribution in [0.3, 0.4) is 0 Å². The van der Waals surface area contributed by atoms with Crippen LogP contribution in [-0.2, 0) is 0 Å². The molecule has 0 bridgehead atoms. The van der Waals surface area contributed by atoms with Crippen LogP contribution in [0.1, 0.15) is 0 Å². The van der Waals surface area contributed by atoms with Crippen LogP contribution in [0.4, 0.5) is 0 Å². The number of nitrogens with one attached hydrogen (secondary N) is 2. The number of nitrogens with zero attached hydrogens (tertiary/aromatic N) is 6. The lowest BCUT2D eigenvalue weighted by atomic mass is 10.1. The van der Waals surface area contributed by atoms with Gasteiger partial charge in [0.25, 0.3) is 0 Å². The molecule has 10 heteroatoms. The van der Waals surface area contributed by atoms with E-state index < -0.39 is 0 Å². The maximum Gasteiger partial charge on any atom is 0.161 e. The number of pyridine rings is 3. The van der Waals surface area contributed by atoms with Crippen LogP contribution in [-0.4, -0.2) is 67.3 Å². The molecule has 0 saturated carbocycles. The number of ether oxygens (including phenoxy) is 1. The molecule has 174 valence electrons. The summed E-state index contributed by atoms with van der Waals surface area (Å²) in [6.07, 6.45) is 5.29. The molecule has 0 aliphatic carbocycles. The normalized spacial score (nSPS) is 11.6. The summed E-state index contributed by atoms with van der Waals surface area (Å²) in [5.74, 6) is 1.35. The molecule has 0 amide bonds. The second kappa shape index (κ2) is 8.90. The minimum Gasteiger partial charge on any atom is -0.491 e. The van der Waals surface area contributed by atoms with Crippen LogP contribution < -0.4 is 4.74 Å². The summed E-state index contributed by atoms with van der Waals surface area (Å²) >= 11 is 1.63. The van der Waals surface area contributed by atoms with Gasteiger partial charge < -0.3 is 14.6 Å². The Hall–Kier alpha value is -4.15. The van der Waals surface area contributed by atoms with Gasteiger partial charge in [0, 0.05) is 35.4 Å². The van der Waals surface area contributed by atoms with Crippen LogP contribution in [0.5, 0.6) is 5.75 Å². The van der Waals surface area contributed by atoms with Crippen LogP contribution in [0, 0.1) is 0 Å². The second-order valence-corrected chi connectivity index (χ2v) is 9.16. The molecule has 0 unspecified atom stereocenters. The Bertz CT molecular complexity index is 1620. The fourth-order valence-corrected chi connectivity index (χ4v) is 4.51. The molecule has 6 rings (SSSR count). The van der Waals surface area contributed by atoms with Crippen molar-refractivity contribution >= 4 is 33.4 Å². The van der Waals surface area contributed by atoms with Crippen molar-refractivity contribution in [3.8, 4) is 39.8 Å². The molecule has 0 aliphatic rings. The lowest BCUT2D eigenvalue weighted by Gasteiger charge is -2.11. The van der Waals surface area contributed by atoms with E-state index in [1.54, 1.807) is 29.9 Å². The molecule has 0 aliphatic heterocycles. The van der Waals surface area contributed by atoms with Crippen molar-refractivity contribution in [2.45, 2.75) is 0 Å². The zero-order valence-corrected chi connectivity index (χ0v) is 20.0. The van der Waals surface area contributed by atoms with Gasteiger partial charge in [0.2, 0.25) is 0 Å². The minimum atomic E-state index is 0.588. The molecule has 2 N–H and O–H groups in total. The molecule has 0 radical (unpaired) electrons. The lowest BCUT2D eigenvalue weighted by molar-refractivity contribution is 0.261. The molecule has 6 aromatic rings. The Labute approximate surface area is 204 Å². The van der Waals surface area contributed by atoms with E-state index in [0.29, 0.717) is 23.9 Å². The molecule has 0 spiro atoms. The number of thiophene rings is 1. The summed E-state index contributed by atoms with van der Waals surface area (Å²) in [5.41, 5.74) is 7.45. The third-order valence-corrected chi connectivity index (χ3v) is 6.33. The standard InChI is InChI=1S/C25H22N8OS/c1-33(2)8-9-34-17-11-16(12-26-13-17)18-3-4-20-23(28-18)24(32-31-20)25-29-19-5-7-27-21(22(19)30-25)15-6-10-35-14-15/h3-7,10-14H,8-9H2,1-2H3,(H,29,30)(H,31,32). The van der Waals surface area contributed by atoms with Gasteiger partial charge in [0.15, 0.2) is 11.5 Å². The molecule has 35 heavy (non-hydrogen) atoms. The molecular weight excluding hydrogens is 460 g/mol. The number of likely N-dealkylation sites (N-methyl/N-ethyl adjacent to an activating group) is 1. The third-order valence-electron chi connectivity index (χ3n) is 5.64. The Morgan fingerprint density at radius 3 is 2.74 bits per heavy atom. The van der Waals surface area contributed by atoms with Crippen molar-refractivity contribution in [2.24, 2.45) is 0 Å². The number of hydrogen-bond donors (Lipinski definition) is 2. The summed E-state index contributed by atoms with van der Waals surface area (Å²) in [5, 5.41) is 11.7. The first kappa shape index (κ1) is 21.4. The molecular formula is C25H22N8OS. The average molecular weight is 483 g/mol. The summed E-state index contributed by atoms with van der Waals surface area (Å²) < 4.78 is 5.85. The van der Waals surface area contributed by atoms with Gasteiger partial charge in [-0.25, -0.2) is 9.97 Å². The highest BCUT2D eigenvalue weighted by molar-refractivity contribution is 7.08. The third kappa shape index (κ3) is 4.13. The first-order valence-corrected chi connectivity index (χ1v) is 12.1. The zero-order chi connectivity index (χ0) is 23.8. The van der Waals surface area contributed by atoms with E-state index in [4.69, 9.17) is 14.7 Å². The van der Waals surface area contributed by atoms with Gasteiger partial charge in [0.1, 0.15) is 23.4 Å². The monoisotopic (exact) mass is 482 g/mol. The molecule has 0 aromatic carbocycles. The Kier molecular flexibility index (Phi) is 5.44. The van der Waals surface area contributed by atoms with E-state index in [2.05, 4.69) is 35.4 Å². The van der Waals surface area contributed by atoms with Crippen LogP contribution in [0.15, 0.2) is 59.7 Å². The quantitative estimate of drug-likeness (QED) is 0.342. The summed E-state index contributed by atoms with van der Waals surface area (Å²) in [4.78, 5) is 24.1. The minimum absolute atomic E-state index is 0.588. The number of fused-ring (bicyclic) bond motifs is 2. The van der Waals surface area contributed by atoms with Gasteiger partial charge >= 0.3 is 0 Å². The Morgan fingerprint density at radius 2 is 1.89 bits per heavy atom. The largest absolute Gasteiger partial charge is 0.491 e. The first-order valence-electron chi connectivity index (χ1n) is 11.1. The van der Waals surface area contributed by atoms with Gasteiger partial charge in [-0.15, -0.1) is 0 Å². The van der Waals surface area contributed by atoms with Crippen molar-refractivity contribution in [1.29, 1.82) is 0 Å². The zero-order valence-electron chi connectivity index (χ0n) is 19.2. The summed E-state index contributed by atoms with van der Waals surface area (Å²) in [7, 11) is 4.03. The lowest BCUT2D eigenvalue weighted by Crippen LogP contribution is -2.19. The number of rotatable bonds is 7. The van der Waals surface area contributed by atoms with Crippen molar-refractivity contribution in [3.05, 3.63) is 59.7 Å². The van der Waals surface area contributed by atoms with Crippen LogP contribution >= 0.6 is 11.3 Å². The highest BCUT2D eigenvalue weighted by Gasteiger charge is 2.17. The predicted octanol–water partition coefficient (Wildman–Crippen LogP) is 4.63. The van der Waals surface area contributed by atoms with Gasteiger partial charge in [0.05, 0.1) is 28.6 Å². The second-order valence-electron chi connectivity index (χ2n) is 8.38. The van der Waals surface area contributed by atoms with Crippen molar-refractivity contribution in [1.82, 2.24) is 40.0 Å². The van der Waals surface area contributed by atoms with E-state index in [9.17, 15) is 0 Å². The molecule has 0 saturated heterocycles. The number of imidazole rings is 1. The summed E-state index contributed by atoms with van der Waals surface area (Å²) in [6, 6.07) is 9.83. The van der Waals surface area contributed by atoms with Crippen molar-refractivity contribution < 1.29 is 4.74 Å². The molecule has 9 nitrogen and oxygen atoms in total. The smallest absolute Gasteiger partial charge is 0.161 e. The highest BCUT2D eigenvalue weighted by atomic mass is 32.1. The maximum absolute atomic E-state index is 5.85. The molecule has 0 atom stereocenters. The predicted molar refractivity (Wildman–Crippen MR) is 137 cm³/mol. The average Bonchev–Trinajstić information content (AvgIpc) is 3.62. The van der Waals surface area contributed by atoms with E-state index in [1.807, 2.05) is 49.8 Å². The van der Waals surface area contributed by atoms with Gasteiger partial charge in [-0.2, -0.15) is 16.4 Å². The summed E-state index contributed by atoms with van der Waals surface area (Å²) in [6.45, 7) is 1.42. The number of H-pyrrole nitrogens is 2. The molecule has 0 fully saturated rings. The molecule has 6 aromatic heterocycles. The SMILES string of the molecule is CN(C)CCOc1cncc(-c2ccc3[nH]nc(-c4nc5c(-c6ccsc6)nccc5[nH]4)c3n2)c1. The van der Waals surface area contributed by atoms with Gasteiger partial charge in [-0.3, -0.25) is 15.1 Å².